The van der Waals surface area contributed by atoms with Crippen LogP contribution in [0.25, 0.3) is 10.1 Å². The van der Waals surface area contributed by atoms with Gasteiger partial charge >= 0.3 is 0 Å². The molecule has 0 aliphatic heterocycles. The molecule has 0 aliphatic rings. The van der Waals surface area contributed by atoms with Crippen molar-refractivity contribution in [3.63, 3.8) is 0 Å². The summed E-state index contributed by atoms with van der Waals surface area (Å²) in [6, 6.07) is 8.03. The van der Waals surface area contributed by atoms with Gasteiger partial charge in [-0.2, -0.15) is 0 Å². The summed E-state index contributed by atoms with van der Waals surface area (Å²) in [7, 11) is 1.52. The van der Waals surface area contributed by atoms with E-state index in [1.54, 1.807) is 11.3 Å². The Kier molecular flexibility index (Phi) is 2.02. The number of benzene rings is 1. The lowest BCUT2D eigenvalue weighted by atomic mass is 10.2. The van der Waals surface area contributed by atoms with Crippen LogP contribution in [0.1, 0.15) is 5.56 Å². The van der Waals surface area contributed by atoms with Crippen molar-refractivity contribution in [3.05, 3.63) is 35.2 Å². The fourth-order valence-electron chi connectivity index (χ4n) is 1.26. The lowest BCUT2D eigenvalue weighted by Crippen LogP contribution is -1.99. The van der Waals surface area contributed by atoms with Crippen LogP contribution in [-0.4, -0.2) is 13.0 Å². The first-order valence-corrected chi connectivity index (χ1v) is 4.80. The van der Waals surface area contributed by atoms with Crippen molar-refractivity contribution in [2.24, 2.45) is 0 Å². The third-order valence-electron chi connectivity index (χ3n) is 1.93. The van der Waals surface area contributed by atoms with E-state index in [2.05, 4.69) is 0 Å². The van der Waals surface area contributed by atoms with E-state index in [9.17, 15) is 0 Å². The van der Waals surface area contributed by atoms with Crippen LogP contribution in [0.2, 0.25) is 0 Å². The largest absolute Gasteiger partial charge is 0.481 e. The summed E-state index contributed by atoms with van der Waals surface area (Å²) in [4.78, 5) is 0. The lowest BCUT2D eigenvalue weighted by Gasteiger charge is -1.98. The predicted octanol–water partition coefficient (Wildman–Crippen LogP) is 2.87. The molecule has 0 spiro atoms. The molecule has 1 heterocycles. The Bertz CT molecular complexity index is 447. The van der Waals surface area contributed by atoms with Gasteiger partial charge in [-0.25, -0.2) is 0 Å². The molecule has 0 radical (unpaired) electrons. The number of thiophene rings is 1. The molecule has 0 amide bonds. The van der Waals surface area contributed by atoms with E-state index in [1.807, 2.05) is 29.6 Å². The molecular weight excluding hydrogens is 182 g/mol. The van der Waals surface area contributed by atoms with Crippen LogP contribution >= 0.6 is 11.3 Å². The molecule has 3 heteroatoms. The van der Waals surface area contributed by atoms with Gasteiger partial charge in [0, 0.05) is 15.5 Å². The minimum absolute atomic E-state index is 0.234. The number of hydrogen-bond acceptors (Lipinski definition) is 3. The molecule has 2 aromatic rings. The average Bonchev–Trinajstić information content (AvgIpc) is 2.60. The van der Waals surface area contributed by atoms with Crippen molar-refractivity contribution in [1.82, 2.24) is 0 Å². The zero-order valence-corrected chi connectivity index (χ0v) is 8.02. The summed E-state index contributed by atoms with van der Waals surface area (Å²) in [6.45, 7) is 0. The molecule has 66 valence electrons. The third-order valence-corrected chi connectivity index (χ3v) is 2.89. The van der Waals surface area contributed by atoms with E-state index >= 15 is 0 Å². The highest BCUT2D eigenvalue weighted by molar-refractivity contribution is 7.17. The maximum Gasteiger partial charge on any atom is 0.214 e. The highest BCUT2D eigenvalue weighted by Gasteiger charge is 2.07. The highest BCUT2D eigenvalue weighted by atomic mass is 32.1. The first kappa shape index (κ1) is 8.26. The summed E-state index contributed by atoms with van der Waals surface area (Å²) in [6.07, 6.45) is 0. The number of methoxy groups -OCH3 is 1. The highest BCUT2D eigenvalue weighted by Crippen LogP contribution is 2.25. The first-order chi connectivity index (χ1) is 6.33. The van der Waals surface area contributed by atoms with Crippen molar-refractivity contribution in [2.45, 2.75) is 0 Å². The molecule has 0 atom stereocenters. The van der Waals surface area contributed by atoms with Crippen LogP contribution < -0.4 is 0 Å². The van der Waals surface area contributed by atoms with Crippen LogP contribution in [0.4, 0.5) is 0 Å². The van der Waals surface area contributed by atoms with Crippen LogP contribution in [-0.2, 0) is 4.74 Å². The molecule has 13 heavy (non-hydrogen) atoms. The van der Waals surface area contributed by atoms with Gasteiger partial charge in [0.15, 0.2) is 0 Å². The number of rotatable bonds is 1. The van der Waals surface area contributed by atoms with Crippen molar-refractivity contribution in [1.29, 1.82) is 5.41 Å². The van der Waals surface area contributed by atoms with Crippen molar-refractivity contribution in [2.75, 3.05) is 7.11 Å². The van der Waals surface area contributed by atoms with Crippen molar-refractivity contribution >= 4 is 27.3 Å². The molecule has 1 N–H and O–H groups in total. The molecule has 0 saturated carbocycles. The molecule has 2 nitrogen and oxygen atoms in total. The molecule has 0 aliphatic carbocycles. The van der Waals surface area contributed by atoms with Crippen LogP contribution in [0.3, 0.4) is 0 Å². The monoisotopic (exact) mass is 191 g/mol. The smallest absolute Gasteiger partial charge is 0.214 e. The van der Waals surface area contributed by atoms with Gasteiger partial charge in [-0.05, 0) is 6.07 Å². The van der Waals surface area contributed by atoms with Gasteiger partial charge in [0.25, 0.3) is 0 Å². The number of hydrogen-bond donors (Lipinski definition) is 1. The summed E-state index contributed by atoms with van der Waals surface area (Å²) in [5.41, 5.74) is 0.878. The minimum atomic E-state index is 0.234. The Morgan fingerprint density at radius 1 is 1.38 bits per heavy atom. The molecule has 0 saturated heterocycles. The van der Waals surface area contributed by atoms with Crippen LogP contribution in [0.5, 0.6) is 0 Å². The summed E-state index contributed by atoms with van der Waals surface area (Å²) in [5.74, 6) is 0.234. The maximum absolute atomic E-state index is 7.56. The predicted molar refractivity (Wildman–Crippen MR) is 55.7 cm³/mol. The molecular formula is C10H9NOS. The standard InChI is InChI=1S/C10H9NOS/c1-12-10(11)8-6-13-9-5-3-2-4-7(8)9/h2-6,11H,1H3. The zero-order valence-electron chi connectivity index (χ0n) is 7.20. The van der Waals surface area contributed by atoms with Crippen molar-refractivity contribution < 1.29 is 4.74 Å². The second-order valence-electron chi connectivity index (χ2n) is 2.68. The van der Waals surface area contributed by atoms with Gasteiger partial charge in [-0.15, -0.1) is 11.3 Å². The minimum Gasteiger partial charge on any atom is -0.481 e. The van der Waals surface area contributed by atoms with E-state index in [1.165, 1.54) is 11.8 Å². The van der Waals surface area contributed by atoms with Crippen LogP contribution in [0, 0.1) is 5.41 Å². The number of ether oxygens (including phenoxy) is 1. The fraction of sp³-hybridized carbons (Fsp3) is 0.100. The quantitative estimate of drug-likeness (QED) is 0.545. The lowest BCUT2D eigenvalue weighted by molar-refractivity contribution is 0.401. The van der Waals surface area contributed by atoms with Crippen LogP contribution in [0.15, 0.2) is 29.6 Å². The summed E-state index contributed by atoms with van der Waals surface area (Å²) >= 11 is 1.64. The Labute approximate surface area is 80.3 Å². The Hall–Kier alpha value is -1.35. The van der Waals surface area contributed by atoms with E-state index in [0.717, 1.165) is 10.9 Å². The molecule has 1 aromatic heterocycles. The Morgan fingerprint density at radius 2 is 2.15 bits per heavy atom. The average molecular weight is 191 g/mol. The van der Waals surface area contributed by atoms with E-state index in [4.69, 9.17) is 10.1 Å². The SMILES string of the molecule is COC(=N)c1csc2ccccc12. The van der Waals surface area contributed by atoms with Gasteiger partial charge < -0.3 is 4.74 Å². The topological polar surface area (TPSA) is 33.1 Å². The van der Waals surface area contributed by atoms with E-state index in [0.29, 0.717) is 0 Å². The van der Waals surface area contributed by atoms with Gasteiger partial charge in [-0.1, -0.05) is 18.2 Å². The molecule has 1 aromatic carbocycles. The van der Waals surface area contributed by atoms with Gasteiger partial charge in [0.1, 0.15) is 0 Å². The zero-order chi connectivity index (χ0) is 9.26. The van der Waals surface area contributed by atoms with Crippen molar-refractivity contribution in [3.8, 4) is 0 Å². The maximum atomic E-state index is 7.56. The molecule has 2 rings (SSSR count). The third kappa shape index (κ3) is 1.31. The normalized spacial score (nSPS) is 10.2. The van der Waals surface area contributed by atoms with E-state index in [-0.39, 0.29) is 5.90 Å². The second kappa shape index (κ2) is 3.18. The molecule has 0 bridgehead atoms. The summed E-state index contributed by atoms with van der Waals surface area (Å²) < 4.78 is 6.09. The van der Waals surface area contributed by atoms with Gasteiger partial charge in [0.05, 0.1) is 12.7 Å². The number of fused-ring (bicyclic) bond motifs is 1. The second-order valence-corrected chi connectivity index (χ2v) is 3.59. The van der Waals surface area contributed by atoms with Gasteiger partial charge in [0.2, 0.25) is 5.90 Å². The molecule has 0 unspecified atom stereocenters. The Balaban J connectivity index is 2.64. The number of nitrogens with one attached hydrogen (secondary N) is 1. The molecule has 0 fully saturated rings. The van der Waals surface area contributed by atoms with E-state index < -0.39 is 0 Å². The summed E-state index contributed by atoms with van der Waals surface area (Å²) in [5, 5.41) is 10.6. The first-order valence-electron chi connectivity index (χ1n) is 3.92. The fourth-order valence-corrected chi connectivity index (χ4v) is 2.20. The Morgan fingerprint density at radius 3 is 2.92 bits per heavy atom. The van der Waals surface area contributed by atoms with Gasteiger partial charge in [-0.3, -0.25) is 5.41 Å².